The van der Waals surface area contributed by atoms with Crippen LogP contribution < -0.4 is 5.56 Å². The van der Waals surface area contributed by atoms with Gasteiger partial charge in [-0.05, 0) is 18.6 Å². The van der Waals surface area contributed by atoms with Gasteiger partial charge < -0.3 is 9.47 Å². The lowest BCUT2D eigenvalue weighted by Crippen LogP contribution is -2.47. The van der Waals surface area contributed by atoms with Crippen molar-refractivity contribution in [2.24, 2.45) is 0 Å². The van der Waals surface area contributed by atoms with E-state index in [9.17, 15) is 9.59 Å². The Balaban J connectivity index is 1.68. The summed E-state index contributed by atoms with van der Waals surface area (Å²) >= 11 is 1.72. The average Bonchev–Trinajstić information content (AvgIpc) is 3.13. The molecule has 1 aliphatic rings. The number of benzene rings is 1. The summed E-state index contributed by atoms with van der Waals surface area (Å²) in [5.74, 6) is 0.147. The van der Waals surface area contributed by atoms with Crippen molar-refractivity contribution in [1.29, 1.82) is 0 Å². The van der Waals surface area contributed by atoms with Gasteiger partial charge in [-0.15, -0.1) is 11.3 Å². The monoisotopic (exact) mass is 395 g/mol. The largest absolute Gasteiger partial charge is 0.340 e. The van der Waals surface area contributed by atoms with Gasteiger partial charge in [0.25, 0.3) is 5.56 Å². The summed E-state index contributed by atoms with van der Waals surface area (Å²) in [6, 6.07) is 12.3. The first-order chi connectivity index (χ1) is 13.6. The number of carbonyl (C=O) groups is 1. The van der Waals surface area contributed by atoms with Crippen LogP contribution in [0.3, 0.4) is 0 Å². The van der Waals surface area contributed by atoms with Crippen LogP contribution in [0.1, 0.15) is 18.7 Å². The minimum atomic E-state index is 0.0843. The number of piperazine rings is 1. The molecular formula is C22H25N3O2S. The molecule has 6 heteroatoms. The number of pyridine rings is 1. The summed E-state index contributed by atoms with van der Waals surface area (Å²) in [6.07, 6.45) is 1.99. The second-order valence-corrected chi connectivity index (χ2v) is 8.37. The Morgan fingerprint density at radius 3 is 2.46 bits per heavy atom. The zero-order chi connectivity index (χ0) is 19.7. The van der Waals surface area contributed by atoms with E-state index in [1.807, 2.05) is 36.2 Å². The zero-order valence-electron chi connectivity index (χ0n) is 16.4. The van der Waals surface area contributed by atoms with Gasteiger partial charge in [0.05, 0.1) is 5.39 Å². The summed E-state index contributed by atoms with van der Waals surface area (Å²) in [5.41, 5.74) is 2.34. The van der Waals surface area contributed by atoms with Crippen molar-refractivity contribution in [3.05, 3.63) is 57.8 Å². The lowest BCUT2D eigenvalue weighted by molar-refractivity contribution is -0.130. The molecule has 1 saturated heterocycles. The Labute approximate surface area is 168 Å². The average molecular weight is 396 g/mol. The molecule has 3 heterocycles. The summed E-state index contributed by atoms with van der Waals surface area (Å²) < 4.78 is 2.87. The van der Waals surface area contributed by atoms with E-state index < -0.39 is 0 Å². The highest BCUT2D eigenvalue weighted by Crippen LogP contribution is 2.33. The first kappa shape index (κ1) is 18.9. The van der Waals surface area contributed by atoms with Crippen LogP contribution in [0.5, 0.6) is 0 Å². The lowest BCUT2D eigenvalue weighted by atomic mass is 10.1. The maximum absolute atomic E-state index is 12.9. The van der Waals surface area contributed by atoms with E-state index in [4.69, 9.17) is 0 Å². The van der Waals surface area contributed by atoms with Gasteiger partial charge >= 0.3 is 0 Å². The van der Waals surface area contributed by atoms with Crippen LogP contribution in [0.15, 0.2) is 47.4 Å². The number of amides is 1. The van der Waals surface area contributed by atoms with Crippen LogP contribution in [-0.4, -0.2) is 46.5 Å². The molecule has 146 valence electrons. The van der Waals surface area contributed by atoms with Crippen molar-refractivity contribution in [2.45, 2.75) is 26.9 Å². The normalized spacial score (nSPS) is 15.3. The van der Waals surface area contributed by atoms with Gasteiger partial charge in [-0.3, -0.25) is 14.5 Å². The molecule has 4 rings (SSSR count). The van der Waals surface area contributed by atoms with Crippen molar-refractivity contribution in [1.82, 2.24) is 14.4 Å². The molecule has 1 fully saturated rings. The quantitative estimate of drug-likeness (QED) is 0.680. The van der Waals surface area contributed by atoms with Crippen molar-refractivity contribution in [3.8, 4) is 11.1 Å². The topological polar surface area (TPSA) is 45.5 Å². The molecule has 0 aliphatic carbocycles. The first-order valence-corrected chi connectivity index (χ1v) is 10.6. The van der Waals surface area contributed by atoms with Gasteiger partial charge in [0, 0.05) is 67.5 Å². The highest BCUT2D eigenvalue weighted by molar-refractivity contribution is 7.19. The van der Waals surface area contributed by atoms with Crippen LogP contribution in [0.25, 0.3) is 21.2 Å². The standard InChI is InChI=1S/C22H25N3O2S/c1-3-24-15-20(17-7-5-4-6-8-17)21-19(22(24)27)13-18(28-21)14-23-9-11-25(12-10-23)16(2)26/h4-8,13,15H,3,9-12,14H2,1-2H3. The fourth-order valence-corrected chi connectivity index (χ4v) is 5.03. The van der Waals surface area contributed by atoms with Crippen molar-refractivity contribution in [2.75, 3.05) is 26.2 Å². The number of thiophene rings is 1. The number of aryl methyl sites for hydroxylation is 1. The molecule has 2 aromatic heterocycles. The molecule has 0 saturated carbocycles. The van der Waals surface area contributed by atoms with E-state index in [-0.39, 0.29) is 11.5 Å². The van der Waals surface area contributed by atoms with Gasteiger partial charge in [0.15, 0.2) is 0 Å². The Bertz CT molecular complexity index is 1050. The molecule has 1 aliphatic heterocycles. The number of nitrogens with zero attached hydrogens (tertiary/aromatic N) is 3. The summed E-state index contributed by atoms with van der Waals surface area (Å²) in [7, 11) is 0. The smallest absolute Gasteiger partial charge is 0.259 e. The molecular weight excluding hydrogens is 370 g/mol. The number of aromatic nitrogens is 1. The summed E-state index contributed by atoms with van der Waals surface area (Å²) in [6.45, 7) is 8.42. The highest BCUT2D eigenvalue weighted by Gasteiger charge is 2.20. The number of rotatable bonds is 4. The molecule has 0 spiro atoms. The van der Waals surface area contributed by atoms with Gasteiger partial charge in [-0.25, -0.2) is 0 Å². The fraction of sp³-hybridized carbons (Fsp3) is 0.364. The summed E-state index contributed by atoms with van der Waals surface area (Å²) in [5, 5.41) is 0.811. The number of hydrogen-bond donors (Lipinski definition) is 0. The maximum Gasteiger partial charge on any atom is 0.259 e. The Hall–Kier alpha value is -2.44. The third-order valence-corrected chi connectivity index (χ3v) is 6.58. The second kappa shape index (κ2) is 7.89. The Kier molecular flexibility index (Phi) is 5.33. The number of carbonyl (C=O) groups excluding carboxylic acids is 1. The van der Waals surface area contributed by atoms with Crippen LogP contribution in [0, 0.1) is 0 Å². The minimum Gasteiger partial charge on any atom is -0.340 e. The van der Waals surface area contributed by atoms with E-state index in [1.165, 1.54) is 4.88 Å². The molecule has 1 aromatic carbocycles. The Morgan fingerprint density at radius 1 is 1.11 bits per heavy atom. The van der Waals surface area contributed by atoms with Crippen LogP contribution in [0.4, 0.5) is 0 Å². The number of hydrogen-bond acceptors (Lipinski definition) is 4. The Morgan fingerprint density at radius 2 is 1.82 bits per heavy atom. The predicted octanol–water partition coefficient (Wildman–Crippen LogP) is 3.41. The first-order valence-electron chi connectivity index (χ1n) is 9.76. The molecule has 1 amide bonds. The van der Waals surface area contributed by atoms with Crippen LogP contribution in [-0.2, 0) is 17.9 Å². The van der Waals surface area contributed by atoms with E-state index >= 15 is 0 Å². The fourth-order valence-electron chi connectivity index (χ4n) is 3.81. The van der Waals surface area contributed by atoms with Crippen molar-refractivity contribution in [3.63, 3.8) is 0 Å². The molecule has 28 heavy (non-hydrogen) atoms. The van der Waals surface area contributed by atoms with Gasteiger partial charge in [0.1, 0.15) is 0 Å². The third-order valence-electron chi connectivity index (χ3n) is 5.43. The SMILES string of the molecule is CCn1cc(-c2ccccc2)c2sc(CN3CCN(C(C)=O)CC3)cc2c1=O. The number of fused-ring (bicyclic) bond motifs is 1. The van der Waals surface area contributed by atoms with E-state index in [0.29, 0.717) is 6.54 Å². The zero-order valence-corrected chi connectivity index (χ0v) is 17.2. The van der Waals surface area contributed by atoms with Gasteiger partial charge in [-0.1, -0.05) is 30.3 Å². The molecule has 0 radical (unpaired) electrons. The highest BCUT2D eigenvalue weighted by atomic mass is 32.1. The molecule has 3 aromatic rings. The van der Waals surface area contributed by atoms with Crippen molar-refractivity contribution < 1.29 is 4.79 Å². The van der Waals surface area contributed by atoms with Crippen molar-refractivity contribution >= 4 is 27.3 Å². The van der Waals surface area contributed by atoms with E-state index in [0.717, 1.165) is 53.9 Å². The molecule has 0 bridgehead atoms. The molecule has 0 N–H and O–H groups in total. The second-order valence-electron chi connectivity index (χ2n) is 7.24. The van der Waals surface area contributed by atoms with E-state index in [2.05, 4.69) is 23.1 Å². The maximum atomic E-state index is 12.9. The predicted molar refractivity (Wildman–Crippen MR) is 115 cm³/mol. The van der Waals surface area contributed by atoms with Gasteiger partial charge in [-0.2, -0.15) is 0 Å². The molecule has 5 nitrogen and oxygen atoms in total. The van der Waals surface area contributed by atoms with Gasteiger partial charge in [0.2, 0.25) is 5.91 Å². The van der Waals surface area contributed by atoms with Crippen LogP contribution >= 0.6 is 11.3 Å². The third kappa shape index (κ3) is 3.62. The molecule has 0 atom stereocenters. The van der Waals surface area contributed by atoms with Crippen LogP contribution in [0.2, 0.25) is 0 Å². The summed E-state index contributed by atoms with van der Waals surface area (Å²) in [4.78, 5) is 29.9. The lowest BCUT2D eigenvalue weighted by Gasteiger charge is -2.33. The van der Waals surface area contributed by atoms with E-state index in [1.54, 1.807) is 22.8 Å². The minimum absolute atomic E-state index is 0.0843. The molecule has 0 unspecified atom stereocenters.